The lowest BCUT2D eigenvalue weighted by Gasteiger charge is -2.43. The summed E-state index contributed by atoms with van der Waals surface area (Å²) in [6, 6.07) is 12.5. The predicted octanol–water partition coefficient (Wildman–Crippen LogP) is 3.95. The molecule has 0 amide bonds. The Labute approximate surface area is 125 Å². The molecule has 4 heteroatoms. The highest BCUT2D eigenvalue weighted by Crippen LogP contribution is 2.39. The van der Waals surface area contributed by atoms with Gasteiger partial charge in [0, 0.05) is 19.2 Å². The molecule has 1 N–H and O–H groups in total. The number of nitrogens with one attached hydrogen (secondary N) is 1. The molecule has 2 aromatic carbocycles. The van der Waals surface area contributed by atoms with E-state index in [-0.39, 0.29) is 5.82 Å². The predicted molar refractivity (Wildman–Crippen MR) is 82.7 cm³/mol. The summed E-state index contributed by atoms with van der Waals surface area (Å²) in [6.07, 6.45) is 1.04. The van der Waals surface area contributed by atoms with Gasteiger partial charge >= 0.3 is 0 Å². The quantitative estimate of drug-likeness (QED) is 0.785. The van der Waals surface area contributed by atoms with E-state index in [0.717, 1.165) is 30.9 Å². The molecule has 0 spiro atoms. The van der Waals surface area contributed by atoms with Gasteiger partial charge < -0.3 is 10.2 Å². The molecule has 0 fully saturated rings. The fourth-order valence-electron chi connectivity index (χ4n) is 3.20. The zero-order valence-electron chi connectivity index (χ0n) is 10.9. The Morgan fingerprint density at radius 2 is 2.00 bits per heavy atom. The molecule has 2 aliphatic heterocycles. The molecule has 2 nitrogen and oxygen atoms in total. The first-order valence-corrected chi connectivity index (χ1v) is 7.58. The maximum atomic E-state index is 13.7. The van der Waals surface area contributed by atoms with Gasteiger partial charge in [-0.25, -0.2) is 4.39 Å². The molecule has 0 saturated heterocycles. The molecule has 4 rings (SSSR count). The van der Waals surface area contributed by atoms with Crippen LogP contribution >= 0.6 is 15.9 Å². The van der Waals surface area contributed by atoms with Crippen molar-refractivity contribution in [3.8, 4) is 0 Å². The minimum Gasteiger partial charge on any atom is -0.381 e. The molecule has 0 radical (unpaired) electrons. The van der Waals surface area contributed by atoms with Gasteiger partial charge in [0.15, 0.2) is 0 Å². The summed E-state index contributed by atoms with van der Waals surface area (Å²) in [5.74, 6) is -0.216. The summed E-state index contributed by atoms with van der Waals surface area (Å²) in [5, 5.41) is 3.36. The molecule has 0 saturated carbocycles. The van der Waals surface area contributed by atoms with E-state index in [1.807, 2.05) is 6.07 Å². The molecule has 1 unspecified atom stereocenters. The van der Waals surface area contributed by atoms with Gasteiger partial charge in [-0.1, -0.05) is 24.3 Å². The van der Waals surface area contributed by atoms with E-state index in [2.05, 4.69) is 50.4 Å². The lowest BCUT2D eigenvalue weighted by atomic mass is 9.92. The fourth-order valence-corrected chi connectivity index (χ4v) is 3.53. The van der Waals surface area contributed by atoms with Crippen molar-refractivity contribution in [3.05, 3.63) is 57.8 Å². The second-order valence-corrected chi connectivity index (χ2v) is 6.27. The van der Waals surface area contributed by atoms with Gasteiger partial charge in [-0.15, -0.1) is 0 Å². The molecule has 102 valence electrons. The molecule has 0 bridgehead atoms. The van der Waals surface area contributed by atoms with Crippen LogP contribution in [0.4, 0.5) is 15.8 Å². The van der Waals surface area contributed by atoms with E-state index in [9.17, 15) is 4.39 Å². The van der Waals surface area contributed by atoms with E-state index in [4.69, 9.17) is 0 Å². The smallest absolute Gasteiger partial charge is 0.139 e. The fraction of sp³-hybridized carbons (Fsp3) is 0.250. The molecule has 2 heterocycles. The Hall–Kier alpha value is -1.55. The van der Waals surface area contributed by atoms with Crippen LogP contribution in [0.15, 0.2) is 40.9 Å². The molecule has 2 aliphatic rings. The van der Waals surface area contributed by atoms with Gasteiger partial charge in [0.2, 0.25) is 0 Å². The molecule has 1 atom stereocenters. The van der Waals surface area contributed by atoms with E-state index in [1.54, 1.807) is 6.07 Å². The monoisotopic (exact) mass is 332 g/mol. The third kappa shape index (κ3) is 1.82. The van der Waals surface area contributed by atoms with Crippen molar-refractivity contribution in [3.63, 3.8) is 0 Å². The van der Waals surface area contributed by atoms with Crippen molar-refractivity contribution in [1.29, 1.82) is 0 Å². The number of hydrogen-bond acceptors (Lipinski definition) is 2. The van der Waals surface area contributed by atoms with Gasteiger partial charge in [-0.3, -0.25) is 0 Å². The summed E-state index contributed by atoms with van der Waals surface area (Å²) < 4.78 is 14.2. The summed E-state index contributed by atoms with van der Waals surface area (Å²) in [7, 11) is 0. The van der Waals surface area contributed by atoms with Crippen molar-refractivity contribution in [2.75, 3.05) is 16.8 Å². The number of fused-ring (bicyclic) bond motifs is 4. The van der Waals surface area contributed by atoms with Crippen molar-refractivity contribution in [2.45, 2.75) is 19.0 Å². The van der Waals surface area contributed by atoms with Gasteiger partial charge in [-0.05, 0) is 39.5 Å². The highest BCUT2D eigenvalue weighted by Gasteiger charge is 2.31. The Morgan fingerprint density at radius 3 is 2.85 bits per heavy atom. The van der Waals surface area contributed by atoms with Crippen molar-refractivity contribution < 1.29 is 4.39 Å². The largest absolute Gasteiger partial charge is 0.381 e. The summed E-state index contributed by atoms with van der Waals surface area (Å²) in [4.78, 5) is 2.39. The van der Waals surface area contributed by atoms with Gasteiger partial charge in [0.1, 0.15) is 5.82 Å². The minimum atomic E-state index is -0.216. The normalized spacial score (nSPS) is 19.7. The van der Waals surface area contributed by atoms with E-state index < -0.39 is 0 Å². The zero-order chi connectivity index (χ0) is 13.7. The average Bonchev–Trinajstić information content (AvgIpc) is 2.47. The van der Waals surface area contributed by atoms with Crippen LogP contribution in [0.1, 0.15) is 11.1 Å². The summed E-state index contributed by atoms with van der Waals surface area (Å²) >= 11 is 3.29. The van der Waals surface area contributed by atoms with Crippen LogP contribution in [-0.4, -0.2) is 12.6 Å². The molecule has 0 aromatic heterocycles. The number of rotatable bonds is 0. The Morgan fingerprint density at radius 1 is 1.20 bits per heavy atom. The van der Waals surface area contributed by atoms with E-state index in [0.29, 0.717) is 10.5 Å². The first-order chi connectivity index (χ1) is 9.72. The van der Waals surface area contributed by atoms with Gasteiger partial charge in [-0.2, -0.15) is 0 Å². The Balaban J connectivity index is 1.80. The first kappa shape index (κ1) is 12.2. The SMILES string of the molecule is Fc1cc2c(cc1Br)N1Cc3ccccc3CC1CN2. The molecule has 0 aliphatic carbocycles. The van der Waals surface area contributed by atoms with Crippen LogP contribution in [0, 0.1) is 5.82 Å². The number of halogens is 2. The van der Waals surface area contributed by atoms with Crippen LogP contribution in [0.2, 0.25) is 0 Å². The number of anilines is 2. The van der Waals surface area contributed by atoms with Gasteiger partial charge in [0.05, 0.1) is 21.9 Å². The molecular weight excluding hydrogens is 319 g/mol. The van der Waals surface area contributed by atoms with E-state index in [1.165, 1.54) is 11.1 Å². The van der Waals surface area contributed by atoms with E-state index >= 15 is 0 Å². The molecule has 20 heavy (non-hydrogen) atoms. The highest BCUT2D eigenvalue weighted by atomic mass is 79.9. The average molecular weight is 333 g/mol. The number of nitrogens with zero attached hydrogens (tertiary/aromatic N) is 1. The molecule has 2 aromatic rings. The second-order valence-electron chi connectivity index (χ2n) is 5.42. The maximum absolute atomic E-state index is 13.7. The third-order valence-electron chi connectivity index (χ3n) is 4.23. The summed E-state index contributed by atoms with van der Waals surface area (Å²) in [6.45, 7) is 1.76. The van der Waals surface area contributed by atoms with Crippen LogP contribution in [0.5, 0.6) is 0 Å². The van der Waals surface area contributed by atoms with Crippen LogP contribution in [0.3, 0.4) is 0 Å². The first-order valence-electron chi connectivity index (χ1n) is 6.79. The van der Waals surface area contributed by atoms with Crippen LogP contribution in [-0.2, 0) is 13.0 Å². The summed E-state index contributed by atoms with van der Waals surface area (Å²) in [5.41, 5.74) is 4.78. The number of benzene rings is 2. The lowest BCUT2D eigenvalue weighted by molar-refractivity contribution is 0.559. The third-order valence-corrected chi connectivity index (χ3v) is 4.84. The van der Waals surface area contributed by atoms with Gasteiger partial charge in [0.25, 0.3) is 0 Å². The van der Waals surface area contributed by atoms with Crippen LogP contribution < -0.4 is 10.2 Å². The maximum Gasteiger partial charge on any atom is 0.139 e. The topological polar surface area (TPSA) is 15.3 Å². The van der Waals surface area contributed by atoms with Crippen molar-refractivity contribution in [1.82, 2.24) is 0 Å². The van der Waals surface area contributed by atoms with Crippen LogP contribution in [0.25, 0.3) is 0 Å². The lowest BCUT2D eigenvalue weighted by Crippen LogP contribution is -2.47. The number of hydrogen-bond donors (Lipinski definition) is 1. The Kier molecular flexibility index (Phi) is 2.74. The Bertz CT molecular complexity index is 686. The second kappa shape index (κ2) is 4.48. The minimum absolute atomic E-state index is 0.216. The van der Waals surface area contributed by atoms with Crippen molar-refractivity contribution in [2.24, 2.45) is 0 Å². The van der Waals surface area contributed by atoms with Crippen molar-refractivity contribution >= 4 is 27.3 Å². The standard InChI is InChI=1S/C16H14BrFN2/c17-13-6-16-15(7-14(13)18)19-8-12-5-10-3-1-2-4-11(10)9-20(12)16/h1-4,6-7,12,19H,5,8-9H2. The highest BCUT2D eigenvalue weighted by molar-refractivity contribution is 9.10. The zero-order valence-corrected chi connectivity index (χ0v) is 12.5. The molecular formula is C16H14BrFN2.